The molecule has 23 heavy (non-hydrogen) atoms. The van der Waals surface area contributed by atoms with Gasteiger partial charge in [0.2, 0.25) is 0 Å². The predicted molar refractivity (Wildman–Crippen MR) is 88.3 cm³/mol. The molecule has 0 N–H and O–H groups in total. The molecular formula is C17H23NO5. The van der Waals surface area contributed by atoms with Crippen molar-refractivity contribution in [3.63, 3.8) is 0 Å². The lowest BCUT2D eigenvalue weighted by Crippen LogP contribution is -2.28. The van der Waals surface area contributed by atoms with Gasteiger partial charge in [0.25, 0.3) is 0 Å². The standard InChI is InChI=1S/C17H23NO5/c1-4-18(5-2)8-9-21-15-10-13-6-7-17(19)23-14(13)11-16(15)22-12-20-3/h6-7,10-11H,4-5,8-9,12H2,1-3H3. The highest BCUT2D eigenvalue weighted by Crippen LogP contribution is 2.32. The molecule has 6 heteroatoms. The van der Waals surface area contributed by atoms with Crippen LogP contribution < -0.4 is 15.1 Å². The van der Waals surface area contributed by atoms with Crippen molar-refractivity contribution in [1.82, 2.24) is 4.90 Å². The lowest BCUT2D eigenvalue weighted by molar-refractivity contribution is 0.0484. The minimum atomic E-state index is -0.398. The third-order valence-corrected chi connectivity index (χ3v) is 3.58. The van der Waals surface area contributed by atoms with Crippen molar-refractivity contribution in [3.8, 4) is 11.5 Å². The summed E-state index contributed by atoms with van der Waals surface area (Å²) in [6.45, 7) is 7.68. The van der Waals surface area contributed by atoms with Crippen LogP contribution in [0.15, 0.2) is 33.5 Å². The molecule has 0 amide bonds. The average Bonchev–Trinajstić information content (AvgIpc) is 2.56. The molecule has 2 aromatic rings. The molecule has 0 bridgehead atoms. The van der Waals surface area contributed by atoms with E-state index in [1.807, 2.05) is 6.07 Å². The Hall–Kier alpha value is -2.05. The number of hydrogen-bond acceptors (Lipinski definition) is 6. The fourth-order valence-electron chi connectivity index (χ4n) is 2.25. The molecule has 1 aromatic carbocycles. The monoisotopic (exact) mass is 321 g/mol. The molecule has 1 heterocycles. The summed E-state index contributed by atoms with van der Waals surface area (Å²) < 4.78 is 21.5. The Morgan fingerprint density at radius 3 is 2.52 bits per heavy atom. The van der Waals surface area contributed by atoms with Crippen LogP contribution >= 0.6 is 0 Å². The van der Waals surface area contributed by atoms with Crippen molar-refractivity contribution < 1.29 is 18.6 Å². The van der Waals surface area contributed by atoms with Crippen molar-refractivity contribution >= 4 is 11.0 Å². The first kappa shape index (κ1) is 17.3. The Bertz CT molecular complexity index is 678. The van der Waals surface area contributed by atoms with Gasteiger partial charge in [0.05, 0.1) is 0 Å². The SMILES string of the molecule is CCN(CC)CCOc1cc2ccc(=O)oc2cc1OCOC. The fraction of sp³-hybridized carbons (Fsp3) is 0.471. The molecule has 0 saturated carbocycles. The van der Waals surface area contributed by atoms with Gasteiger partial charge >= 0.3 is 5.63 Å². The number of rotatable bonds is 9. The van der Waals surface area contributed by atoms with Gasteiger partial charge in [-0.3, -0.25) is 0 Å². The molecule has 0 fully saturated rings. The van der Waals surface area contributed by atoms with Crippen LogP contribution in [0.25, 0.3) is 11.0 Å². The lowest BCUT2D eigenvalue weighted by atomic mass is 10.2. The molecule has 0 unspecified atom stereocenters. The number of likely N-dealkylation sites (N-methyl/N-ethyl adjacent to an activating group) is 1. The predicted octanol–water partition coefficient (Wildman–Crippen LogP) is 2.50. The Kier molecular flexibility index (Phi) is 6.43. The third kappa shape index (κ3) is 4.71. The minimum Gasteiger partial charge on any atom is -0.488 e. The molecule has 0 saturated heterocycles. The molecule has 0 spiro atoms. The molecule has 0 aliphatic rings. The summed E-state index contributed by atoms with van der Waals surface area (Å²) >= 11 is 0. The van der Waals surface area contributed by atoms with E-state index in [1.165, 1.54) is 6.07 Å². The van der Waals surface area contributed by atoms with E-state index < -0.39 is 5.63 Å². The number of fused-ring (bicyclic) bond motifs is 1. The summed E-state index contributed by atoms with van der Waals surface area (Å²) in [4.78, 5) is 13.6. The van der Waals surface area contributed by atoms with Gasteiger partial charge in [-0.15, -0.1) is 0 Å². The zero-order valence-corrected chi connectivity index (χ0v) is 13.8. The third-order valence-electron chi connectivity index (χ3n) is 3.58. The second-order valence-electron chi connectivity index (χ2n) is 5.02. The molecule has 0 atom stereocenters. The van der Waals surface area contributed by atoms with Gasteiger partial charge in [-0.1, -0.05) is 13.8 Å². The molecular weight excluding hydrogens is 298 g/mol. The van der Waals surface area contributed by atoms with Crippen LogP contribution in [0.4, 0.5) is 0 Å². The zero-order chi connectivity index (χ0) is 16.7. The van der Waals surface area contributed by atoms with Crippen LogP contribution in [0.1, 0.15) is 13.8 Å². The molecule has 2 rings (SSSR count). The summed E-state index contributed by atoms with van der Waals surface area (Å²) in [7, 11) is 1.54. The van der Waals surface area contributed by atoms with Gasteiger partial charge in [0.15, 0.2) is 18.3 Å². The molecule has 126 valence electrons. The summed E-state index contributed by atoms with van der Waals surface area (Å²) in [5, 5.41) is 0.784. The summed E-state index contributed by atoms with van der Waals surface area (Å²) in [6, 6.07) is 6.56. The number of benzene rings is 1. The highest BCUT2D eigenvalue weighted by atomic mass is 16.7. The van der Waals surface area contributed by atoms with Gasteiger partial charge in [-0.2, -0.15) is 0 Å². The van der Waals surface area contributed by atoms with E-state index in [9.17, 15) is 4.79 Å². The second kappa shape index (κ2) is 8.55. The van der Waals surface area contributed by atoms with E-state index in [-0.39, 0.29) is 6.79 Å². The van der Waals surface area contributed by atoms with E-state index in [0.29, 0.717) is 23.7 Å². The summed E-state index contributed by atoms with van der Waals surface area (Å²) in [6.07, 6.45) is 0. The first-order valence-electron chi connectivity index (χ1n) is 7.72. The smallest absolute Gasteiger partial charge is 0.336 e. The number of hydrogen-bond donors (Lipinski definition) is 0. The van der Waals surface area contributed by atoms with E-state index in [1.54, 1.807) is 19.2 Å². The molecule has 0 aliphatic carbocycles. The van der Waals surface area contributed by atoms with Crippen LogP contribution in [0.5, 0.6) is 11.5 Å². The van der Waals surface area contributed by atoms with Gasteiger partial charge in [0.1, 0.15) is 12.2 Å². The van der Waals surface area contributed by atoms with Crippen LogP contribution in [-0.4, -0.2) is 45.0 Å². The molecule has 1 aromatic heterocycles. The number of nitrogens with zero attached hydrogens (tertiary/aromatic N) is 1. The maximum Gasteiger partial charge on any atom is 0.336 e. The molecule has 0 aliphatic heterocycles. The van der Waals surface area contributed by atoms with Crippen molar-refractivity contribution in [2.45, 2.75) is 13.8 Å². The Balaban J connectivity index is 2.20. The van der Waals surface area contributed by atoms with Gasteiger partial charge in [-0.25, -0.2) is 4.79 Å². The van der Waals surface area contributed by atoms with E-state index in [4.69, 9.17) is 18.6 Å². The van der Waals surface area contributed by atoms with Crippen LogP contribution in [-0.2, 0) is 4.74 Å². The fourth-order valence-corrected chi connectivity index (χ4v) is 2.25. The highest BCUT2D eigenvalue weighted by molar-refractivity contribution is 5.80. The molecule has 6 nitrogen and oxygen atoms in total. The first-order valence-corrected chi connectivity index (χ1v) is 7.72. The van der Waals surface area contributed by atoms with Gasteiger partial charge in [0, 0.05) is 31.2 Å². The highest BCUT2D eigenvalue weighted by Gasteiger charge is 2.10. The number of ether oxygens (including phenoxy) is 3. The van der Waals surface area contributed by atoms with Crippen molar-refractivity contribution in [3.05, 3.63) is 34.7 Å². The topological polar surface area (TPSA) is 61.1 Å². The lowest BCUT2D eigenvalue weighted by Gasteiger charge is -2.19. The van der Waals surface area contributed by atoms with Crippen LogP contribution in [0.2, 0.25) is 0 Å². The second-order valence-corrected chi connectivity index (χ2v) is 5.02. The Labute approximate surface area is 135 Å². The van der Waals surface area contributed by atoms with E-state index in [2.05, 4.69) is 18.7 Å². The maximum atomic E-state index is 11.3. The Morgan fingerprint density at radius 1 is 1.09 bits per heavy atom. The first-order chi connectivity index (χ1) is 11.2. The van der Waals surface area contributed by atoms with Gasteiger partial charge < -0.3 is 23.5 Å². The minimum absolute atomic E-state index is 0.0922. The summed E-state index contributed by atoms with van der Waals surface area (Å²) in [5.74, 6) is 1.10. The zero-order valence-electron chi connectivity index (χ0n) is 13.8. The van der Waals surface area contributed by atoms with Crippen molar-refractivity contribution in [2.24, 2.45) is 0 Å². The quantitative estimate of drug-likeness (QED) is 0.522. The normalized spacial score (nSPS) is 11.1. The maximum absolute atomic E-state index is 11.3. The van der Waals surface area contributed by atoms with Crippen molar-refractivity contribution in [1.29, 1.82) is 0 Å². The molecule has 0 radical (unpaired) electrons. The van der Waals surface area contributed by atoms with Crippen molar-refractivity contribution in [2.75, 3.05) is 40.1 Å². The average molecular weight is 321 g/mol. The van der Waals surface area contributed by atoms with Crippen LogP contribution in [0, 0.1) is 0 Å². The largest absolute Gasteiger partial charge is 0.488 e. The van der Waals surface area contributed by atoms with E-state index >= 15 is 0 Å². The number of methoxy groups -OCH3 is 1. The van der Waals surface area contributed by atoms with Gasteiger partial charge in [-0.05, 0) is 25.2 Å². The van der Waals surface area contributed by atoms with Crippen LogP contribution in [0.3, 0.4) is 0 Å². The summed E-state index contributed by atoms with van der Waals surface area (Å²) in [5.41, 5.74) is 0.0603. The Morgan fingerprint density at radius 2 is 1.83 bits per heavy atom. The van der Waals surface area contributed by atoms with E-state index in [0.717, 1.165) is 25.0 Å².